The van der Waals surface area contributed by atoms with Gasteiger partial charge < -0.3 is 30.0 Å². The molecule has 0 amide bonds. The van der Waals surface area contributed by atoms with Crippen molar-refractivity contribution < 1.29 is 133 Å². The average molecular weight is 435 g/mol. The van der Waals surface area contributed by atoms with Gasteiger partial charge in [-0.2, -0.15) is 0 Å². The zero-order chi connectivity index (χ0) is 8.31. The summed E-state index contributed by atoms with van der Waals surface area (Å²) in [5.41, 5.74) is 0. The molecule has 2 unspecified atom stereocenters. The Balaban J connectivity index is -0.000000135. The normalized spacial score (nSPS) is 12.2. The minimum atomic E-state index is -2.44. The van der Waals surface area contributed by atoms with Crippen LogP contribution in [0.15, 0.2) is 0 Å². The van der Waals surface area contributed by atoms with E-state index in [4.69, 9.17) is 10.2 Å². The molecule has 9 heteroatoms. The topological polar surface area (TPSA) is 121 Å². The van der Waals surface area contributed by atoms with Gasteiger partial charge in [0.2, 0.25) is 0 Å². The number of rotatable bonds is 3. The van der Waals surface area contributed by atoms with E-state index in [0.29, 0.717) is 0 Å². The van der Waals surface area contributed by atoms with Gasteiger partial charge in [0.05, 0.1) is 11.9 Å². The van der Waals surface area contributed by atoms with Crippen LogP contribution in [0.5, 0.6) is 0 Å². The number of aliphatic carboxylic acids is 2. The van der Waals surface area contributed by atoms with Crippen molar-refractivity contribution in [2.24, 2.45) is 0 Å². The smallest absolute Gasteiger partial charge is 0.547 e. The van der Waals surface area contributed by atoms with Crippen molar-refractivity contribution in [2.45, 2.75) is 12.2 Å². The molecule has 0 aromatic rings. The van der Waals surface area contributed by atoms with E-state index in [1.807, 2.05) is 0 Å². The number of aliphatic hydroxyl groups is 2. The molecule has 2 N–H and O–H groups in total. The Morgan fingerprint density at radius 3 is 1.15 bits per heavy atom. The Morgan fingerprint density at radius 2 is 1.08 bits per heavy atom. The molecule has 0 spiro atoms. The van der Waals surface area contributed by atoms with Crippen LogP contribution in [0.3, 0.4) is 0 Å². The van der Waals surface area contributed by atoms with Crippen LogP contribution >= 0.6 is 0 Å². The van der Waals surface area contributed by atoms with Gasteiger partial charge in [0.1, 0.15) is 12.2 Å². The van der Waals surface area contributed by atoms with E-state index in [1.165, 1.54) is 0 Å². The maximum Gasteiger partial charge on any atom is 3.00 e. The Labute approximate surface area is 178 Å². The van der Waals surface area contributed by atoms with Crippen LogP contribution in [-0.2, 0) is 9.59 Å². The minimum Gasteiger partial charge on any atom is -0.547 e. The number of carbonyl (C=O) groups excluding carboxylic acids is 2. The van der Waals surface area contributed by atoms with Gasteiger partial charge in [0.15, 0.2) is 0 Å². The second kappa shape index (κ2) is 13.1. The van der Waals surface area contributed by atoms with Crippen molar-refractivity contribution in [1.29, 1.82) is 0 Å². The molecule has 6 nitrogen and oxygen atoms in total. The first-order chi connectivity index (χ1) is 4.46. The summed E-state index contributed by atoms with van der Waals surface area (Å²) < 4.78 is 0. The van der Waals surface area contributed by atoms with Gasteiger partial charge in [-0.25, -0.2) is 0 Å². The third-order valence-electron chi connectivity index (χ3n) is 0.782. The van der Waals surface area contributed by atoms with E-state index in [-0.39, 0.29) is 129 Å². The molecule has 0 rings (SSSR count). The van der Waals surface area contributed by atoms with Gasteiger partial charge in [-0.3, -0.25) is 0 Å². The van der Waals surface area contributed by atoms with Crippen LogP contribution in [0.2, 0.25) is 0 Å². The summed E-state index contributed by atoms with van der Waals surface area (Å²) in [6.45, 7) is 0. The monoisotopic (exact) mass is 435 g/mol. The first kappa shape index (κ1) is 25.0. The number of carboxylic acids is 2. The van der Waals surface area contributed by atoms with Crippen molar-refractivity contribution in [3.63, 3.8) is 0 Å². The number of carbonyl (C=O) groups is 2. The van der Waals surface area contributed by atoms with Crippen molar-refractivity contribution >= 4 is 38.1 Å². The first-order valence-corrected chi connectivity index (χ1v) is 2.24. The SMILES string of the molecule is O=C([O-])C(O)C(O)C(=O)[O-].[Bi+3].[K+].[K+]. The molecule has 2 atom stereocenters. The van der Waals surface area contributed by atoms with Gasteiger partial charge in [-0.05, 0) is 0 Å². The van der Waals surface area contributed by atoms with Crippen LogP contribution in [-0.4, -0.2) is 60.6 Å². The van der Waals surface area contributed by atoms with E-state index in [1.54, 1.807) is 0 Å². The maximum atomic E-state index is 9.63. The molecule has 0 heterocycles. The van der Waals surface area contributed by atoms with Crippen molar-refractivity contribution in [1.82, 2.24) is 0 Å². The second-order valence-electron chi connectivity index (χ2n) is 1.53. The molecular weight excluding hydrogens is 431 g/mol. The molecule has 0 fully saturated rings. The van der Waals surface area contributed by atoms with Crippen LogP contribution in [0.1, 0.15) is 0 Å². The number of hydrogen-bond acceptors (Lipinski definition) is 6. The van der Waals surface area contributed by atoms with Gasteiger partial charge in [-0.1, -0.05) is 0 Å². The van der Waals surface area contributed by atoms with Crippen LogP contribution in [0.25, 0.3) is 0 Å². The summed E-state index contributed by atoms with van der Waals surface area (Å²) in [5, 5.41) is 35.7. The maximum absolute atomic E-state index is 9.63. The van der Waals surface area contributed by atoms with Crippen LogP contribution in [0.4, 0.5) is 0 Å². The molecule has 0 saturated carbocycles. The van der Waals surface area contributed by atoms with Crippen LogP contribution in [0, 0.1) is 0 Å². The van der Waals surface area contributed by atoms with E-state index >= 15 is 0 Å². The second-order valence-corrected chi connectivity index (χ2v) is 1.53. The third kappa shape index (κ3) is 11.3. The van der Waals surface area contributed by atoms with Crippen molar-refractivity contribution in [3.05, 3.63) is 0 Å². The van der Waals surface area contributed by atoms with Crippen molar-refractivity contribution in [3.8, 4) is 0 Å². The van der Waals surface area contributed by atoms with E-state index in [0.717, 1.165) is 0 Å². The fourth-order valence-corrected chi connectivity index (χ4v) is 0.258. The molecule has 0 aliphatic heterocycles. The quantitative estimate of drug-likeness (QED) is 0.425. The zero-order valence-electron chi connectivity index (χ0n) is 7.13. The minimum absolute atomic E-state index is 0. The summed E-state index contributed by atoms with van der Waals surface area (Å²) in [6.07, 6.45) is -4.88. The predicted octanol–water partition coefficient (Wildman–Crippen LogP) is -11.2. The molecule has 13 heavy (non-hydrogen) atoms. The van der Waals surface area contributed by atoms with Gasteiger partial charge in [0, 0.05) is 0 Å². The largest absolute Gasteiger partial charge is 3.00 e. The van der Waals surface area contributed by atoms with Crippen molar-refractivity contribution in [2.75, 3.05) is 0 Å². The Morgan fingerprint density at radius 1 is 0.923 bits per heavy atom. The number of hydrogen-bond donors (Lipinski definition) is 2. The molecule has 0 bridgehead atoms. The van der Waals surface area contributed by atoms with Gasteiger partial charge >= 0.3 is 129 Å². The Kier molecular flexibility index (Phi) is 25.2. The number of carboxylic acid groups (broad SMARTS) is 2. The summed E-state index contributed by atoms with van der Waals surface area (Å²) in [5.74, 6) is -4.12. The molecule has 0 aromatic carbocycles. The molecular formula is C4H4BiK2O6+3. The standard InChI is InChI=1S/C4H6O6.Bi.2K/c5-1(3(7)8)2(6)4(9)10;;;/h1-2,5-6H,(H,7,8)(H,9,10);;;/q;+3;2*+1/p-2. The molecule has 0 aliphatic carbocycles. The zero-order valence-corrected chi connectivity index (χ0v) is 16.9. The molecule has 0 saturated heterocycles. The fraction of sp³-hybridized carbons (Fsp3) is 0.500. The predicted molar refractivity (Wildman–Crippen MR) is 27.8 cm³/mol. The fourth-order valence-electron chi connectivity index (χ4n) is 0.258. The summed E-state index contributed by atoms with van der Waals surface area (Å²) in [7, 11) is 0. The number of aliphatic hydroxyl groups excluding tert-OH is 2. The third-order valence-corrected chi connectivity index (χ3v) is 0.782. The van der Waals surface area contributed by atoms with E-state index < -0.39 is 24.1 Å². The molecule has 0 aromatic heterocycles. The average Bonchev–Trinajstić information content (AvgIpc) is 1.84. The Hall–Kier alpha value is 3.02. The summed E-state index contributed by atoms with van der Waals surface area (Å²) in [6, 6.07) is 0. The van der Waals surface area contributed by atoms with E-state index in [9.17, 15) is 19.8 Å². The Bertz CT molecular complexity index is 147. The molecule has 60 valence electrons. The molecule has 0 aliphatic rings. The first-order valence-electron chi connectivity index (χ1n) is 2.24. The van der Waals surface area contributed by atoms with Crippen LogP contribution < -0.4 is 113 Å². The van der Waals surface area contributed by atoms with Gasteiger partial charge in [0.25, 0.3) is 0 Å². The summed E-state index contributed by atoms with van der Waals surface area (Å²) in [4.78, 5) is 19.3. The van der Waals surface area contributed by atoms with E-state index in [2.05, 4.69) is 0 Å². The summed E-state index contributed by atoms with van der Waals surface area (Å²) >= 11 is 0. The molecule has 2 radical (unpaired) electrons. The van der Waals surface area contributed by atoms with Gasteiger partial charge in [-0.15, -0.1) is 0 Å².